The van der Waals surface area contributed by atoms with Crippen molar-refractivity contribution in [3.63, 3.8) is 0 Å². The molecule has 0 bridgehead atoms. The zero-order valence-corrected chi connectivity index (χ0v) is 11.2. The summed E-state index contributed by atoms with van der Waals surface area (Å²) >= 11 is 0. The topological polar surface area (TPSA) is 78.9 Å². The first-order chi connectivity index (χ1) is 9.60. The van der Waals surface area contributed by atoms with Crippen LogP contribution >= 0.6 is 0 Å². The van der Waals surface area contributed by atoms with Crippen LogP contribution in [0.5, 0.6) is 0 Å². The van der Waals surface area contributed by atoms with Crippen LogP contribution in [0.3, 0.4) is 0 Å². The second kappa shape index (κ2) is 5.89. The van der Waals surface area contributed by atoms with E-state index in [1.165, 1.54) is 0 Å². The average molecular weight is 265 g/mol. The van der Waals surface area contributed by atoms with Gasteiger partial charge in [0.1, 0.15) is 0 Å². The number of anilines is 2. The summed E-state index contributed by atoms with van der Waals surface area (Å²) < 4.78 is 0. The van der Waals surface area contributed by atoms with E-state index >= 15 is 0 Å². The molecule has 0 atom stereocenters. The van der Waals surface area contributed by atoms with Crippen molar-refractivity contribution in [1.82, 2.24) is 0 Å². The highest BCUT2D eigenvalue weighted by molar-refractivity contribution is 5.99. The van der Waals surface area contributed by atoms with Crippen molar-refractivity contribution >= 4 is 17.2 Å². The van der Waals surface area contributed by atoms with Crippen molar-refractivity contribution in [1.29, 1.82) is 5.26 Å². The fourth-order valence-corrected chi connectivity index (χ4v) is 1.80. The van der Waals surface area contributed by atoms with E-state index in [0.717, 1.165) is 11.3 Å². The number of Topliss-reactive ketones (excluding diaryl/α,β-unsaturated/α-hetero) is 1. The predicted molar refractivity (Wildman–Crippen MR) is 79.6 cm³/mol. The lowest BCUT2D eigenvalue weighted by molar-refractivity contribution is 0.101. The number of hydrogen-bond donors (Lipinski definition) is 2. The van der Waals surface area contributed by atoms with Crippen LogP contribution in [0.4, 0.5) is 11.4 Å². The van der Waals surface area contributed by atoms with Crippen LogP contribution in [-0.4, -0.2) is 12.3 Å². The minimum Gasteiger partial charge on any atom is -0.398 e. The van der Waals surface area contributed by atoms with Gasteiger partial charge in [0.15, 0.2) is 5.78 Å². The molecule has 2 rings (SSSR count). The molecule has 4 nitrogen and oxygen atoms in total. The summed E-state index contributed by atoms with van der Waals surface area (Å²) in [7, 11) is 0. The molecule has 0 saturated carbocycles. The molecule has 0 radical (unpaired) electrons. The molecule has 0 amide bonds. The molecule has 0 fully saturated rings. The maximum atomic E-state index is 12.1. The van der Waals surface area contributed by atoms with E-state index in [0.29, 0.717) is 16.8 Å². The van der Waals surface area contributed by atoms with Gasteiger partial charge >= 0.3 is 0 Å². The monoisotopic (exact) mass is 265 g/mol. The van der Waals surface area contributed by atoms with Crippen LogP contribution in [0.2, 0.25) is 0 Å². The highest BCUT2D eigenvalue weighted by atomic mass is 16.1. The Morgan fingerprint density at radius 3 is 2.80 bits per heavy atom. The largest absolute Gasteiger partial charge is 0.398 e. The minimum absolute atomic E-state index is 0.0425. The number of benzene rings is 2. The zero-order chi connectivity index (χ0) is 14.5. The van der Waals surface area contributed by atoms with Crippen molar-refractivity contribution in [2.45, 2.75) is 6.92 Å². The number of rotatable bonds is 4. The lowest BCUT2D eigenvalue weighted by Crippen LogP contribution is -2.14. The third-order valence-corrected chi connectivity index (χ3v) is 3.05. The predicted octanol–water partition coefficient (Wildman–Crippen LogP) is 2.74. The second-order valence-corrected chi connectivity index (χ2v) is 4.54. The van der Waals surface area contributed by atoms with E-state index in [4.69, 9.17) is 11.0 Å². The first-order valence-electron chi connectivity index (χ1n) is 6.23. The molecule has 0 aromatic heterocycles. The van der Waals surface area contributed by atoms with E-state index in [-0.39, 0.29) is 12.3 Å². The summed E-state index contributed by atoms with van der Waals surface area (Å²) in [5.41, 5.74) is 9.25. The summed E-state index contributed by atoms with van der Waals surface area (Å²) in [6.45, 7) is 2.06. The highest BCUT2D eigenvalue weighted by Gasteiger charge is 2.07. The van der Waals surface area contributed by atoms with Gasteiger partial charge in [-0.1, -0.05) is 18.2 Å². The lowest BCUT2D eigenvalue weighted by Gasteiger charge is -2.07. The molecule has 100 valence electrons. The van der Waals surface area contributed by atoms with E-state index in [1.807, 2.05) is 19.1 Å². The molecule has 0 aliphatic carbocycles. The third kappa shape index (κ3) is 3.15. The summed E-state index contributed by atoms with van der Waals surface area (Å²) in [6, 6.07) is 14.4. The fraction of sp³-hybridized carbons (Fsp3) is 0.125. The number of carbonyl (C=O) groups excluding carboxylic acids is 1. The smallest absolute Gasteiger partial charge is 0.181 e. The van der Waals surface area contributed by atoms with Gasteiger partial charge in [-0.25, -0.2) is 0 Å². The number of aryl methyl sites for hydroxylation is 1. The normalized spacial score (nSPS) is 9.80. The highest BCUT2D eigenvalue weighted by Crippen LogP contribution is 2.14. The van der Waals surface area contributed by atoms with Crippen LogP contribution in [0.15, 0.2) is 42.5 Å². The summed E-state index contributed by atoms with van der Waals surface area (Å²) in [5.74, 6) is -0.0425. The molecule has 0 unspecified atom stereocenters. The van der Waals surface area contributed by atoms with Crippen molar-refractivity contribution < 1.29 is 4.79 Å². The first-order valence-corrected chi connectivity index (χ1v) is 6.23. The fourth-order valence-electron chi connectivity index (χ4n) is 1.80. The molecular weight excluding hydrogens is 250 g/mol. The molecule has 0 saturated heterocycles. The Hall–Kier alpha value is -2.80. The van der Waals surface area contributed by atoms with Crippen LogP contribution in [0.25, 0.3) is 0 Å². The van der Waals surface area contributed by atoms with Crippen molar-refractivity contribution in [2.24, 2.45) is 0 Å². The molecule has 0 spiro atoms. The lowest BCUT2D eigenvalue weighted by atomic mass is 10.1. The van der Waals surface area contributed by atoms with Crippen molar-refractivity contribution in [3.05, 3.63) is 59.2 Å². The Morgan fingerprint density at radius 1 is 1.30 bits per heavy atom. The number of hydrogen-bond acceptors (Lipinski definition) is 4. The molecule has 0 heterocycles. The quantitative estimate of drug-likeness (QED) is 0.658. The molecule has 2 aromatic rings. The summed E-state index contributed by atoms with van der Waals surface area (Å²) in [5, 5.41) is 11.8. The van der Waals surface area contributed by atoms with Crippen LogP contribution in [-0.2, 0) is 0 Å². The van der Waals surface area contributed by atoms with Gasteiger partial charge in [-0.05, 0) is 36.8 Å². The van der Waals surface area contributed by atoms with Crippen LogP contribution in [0, 0.1) is 18.3 Å². The first kappa shape index (κ1) is 13.6. The van der Waals surface area contributed by atoms with E-state index in [9.17, 15) is 4.79 Å². The maximum Gasteiger partial charge on any atom is 0.181 e. The second-order valence-electron chi connectivity index (χ2n) is 4.54. The van der Waals surface area contributed by atoms with E-state index < -0.39 is 0 Å². The Kier molecular flexibility index (Phi) is 4.02. The molecule has 4 heteroatoms. The molecular formula is C16H15N3O. The number of nitriles is 1. The Balaban J connectivity index is 2.05. The standard InChI is InChI=1S/C16H15N3O/c1-11-5-6-13(8-15(11)18)16(20)10-19-14-4-2-3-12(7-14)9-17/h2-8,19H,10,18H2,1H3. The number of ketones is 1. The van der Waals surface area contributed by atoms with E-state index in [2.05, 4.69) is 11.4 Å². The zero-order valence-electron chi connectivity index (χ0n) is 11.2. The maximum absolute atomic E-state index is 12.1. The van der Waals surface area contributed by atoms with Gasteiger partial charge in [-0.15, -0.1) is 0 Å². The number of carbonyl (C=O) groups is 1. The van der Waals surface area contributed by atoms with Gasteiger partial charge in [0, 0.05) is 16.9 Å². The van der Waals surface area contributed by atoms with Gasteiger partial charge in [0.05, 0.1) is 18.2 Å². The van der Waals surface area contributed by atoms with Gasteiger partial charge in [0.2, 0.25) is 0 Å². The molecule has 0 aliphatic rings. The Bertz CT molecular complexity index is 686. The van der Waals surface area contributed by atoms with Crippen molar-refractivity contribution in [3.8, 4) is 6.07 Å². The molecule has 20 heavy (non-hydrogen) atoms. The number of nitrogens with one attached hydrogen (secondary N) is 1. The number of nitrogens with zero attached hydrogens (tertiary/aromatic N) is 1. The Morgan fingerprint density at radius 2 is 2.10 bits per heavy atom. The van der Waals surface area contributed by atoms with E-state index in [1.54, 1.807) is 30.3 Å². The molecule has 3 N–H and O–H groups in total. The molecule has 2 aromatic carbocycles. The van der Waals surface area contributed by atoms with Gasteiger partial charge in [-0.2, -0.15) is 5.26 Å². The molecule has 0 aliphatic heterocycles. The Labute approximate surface area is 117 Å². The van der Waals surface area contributed by atoms with Crippen LogP contribution < -0.4 is 11.1 Å². The van der Waals surface area contributed by atoms with Crippen LogP contribution in [0.1, 0.15) is 21.5 Å². The summed E-state index contributed by atoms with van der Waals surface area (Å²) in [6.07, 6.45) is 0. The average Bonchev–Trinajstić information content (AvgIpc) is 2.47. The SMILES string of the molecule is Cc1ccc(C(=O)CNc2cccc(C#N)c2)cc1N. The third-order valence-electron chi connectivity index (χ3n) is 3.05. The van der Waals surface area contributed by atoms with Gasteiger partial charge < -0.3 is 11.1 Å². The van der Waals surface area contributed by atoms with Gasteiger partial charge in [-0.3, -0.25) is 4.79 Å². The number of nitrogens with two attached hydrogens (primary N) is 1. The minimum atomic E-state index is -0.0425. The van der Waals surface area contributed by atoms with Crippen molar-refractivity contribution in [2.75, 3.05) is 17.6 Å². The van der Waals surface area contributed by atoms with Gasteiger partial charge in [0.25, 0.3) is 0 Å². The number of nitrogen functional groups attached to an aromatic ring is 1. The summed E-state index contributed by atoms with van der Waals surface area (Å²) in [4.78, 5) is 12.1.